The maximum absolute atomic E-state index is 12.0. The number of aryl methyl sites for hydroxylation is 1. The van der Waals surface area contributed by atoms with E-state index in [0.717, 1.165) is 11.3 Å². The van der Waals surface area contributed by atoms with E-state index < -0.39 is 0 Å². The molecule has 3 aromatic rings. The minimum absolute atomic E-state index is 0.0303. The molecule has 0 bridgehead atoms. The Morgan fingerprint density at radius 1 is 1.14 bits per heavy atom. The van der Waals surface area contributed by atoms with E-state index in [0.29, 0.717) is 30.4 Å². The Bertz CT molecular complexity index is 914. The summed E-state index contributed by atoms with van der Waals surface area (Å²) >= 11 is 0. The lowest BCUT2D eigenvalue weighted by molar-refractivity contribution is -0.121. The third-order valence-electron chi connectivity index (χ3n) is 4.01. The van der Waals surface area contributed by atoms with Crippen LogP contribution in [0.2, 0.25) is 0 Å². The lowest BCUT2D eigenvalue weighted by atomic mass is 10.1. The van der Waals surface area contributed by atoms with Gasteiger partial charge >= 0.3 is 0 Å². The first-order valence-corrected chi connectivity index (χ1v) is 9.04. The second-order valence-electron chi connectivity index (χ2n) is 6.61. The van der Waals surface area contributed by atoms with Gasteiger partial charge in [-0.2, -0.15) is 4.98 Å². The van der Waals surface area contributed by atoms with Gasteiger partial charge in [-0.25, -0.2) is 0 Å². The molecule has 0 aliphatic heterocycles. The number of furan rings is 1. The smallest absolute Gasteiger partial charge is 0.238 e. The molecule has 2 amide bonds. The highest BCUT2D eigenvalue weighted by atomic mass is 16.5. The Balaban J connectivity index is 1.42. The number of aromatic nitrogens is 2. The SMILES string of the molecule is CC(C)C(=O)Nc1ccc(CNC(=O)CCc2nc(-c3ccco3)no2)cc1. The maximum atomic E-state index is 12.0. The molecule has 0 radical (unpaired) electrons. The predicted octanol–water partition coefficient (Wildman–Crippen LogP) is 3.17. The summed E-state index contributed by atoms with van der Waals surface area (Å²) in [5, 5.41) is 9.50. The van der Waals surface area contributed by atoms with Gasteiger partial charge in [0, 0.05) is 31.0 Å². The summed E-state index contributed by atoms with van der Waals surface area (Å²) < 4.78 is 10.3. The van der Waals surface area contributed by atoms with Crippen LogP contribution in [0.15, 0.2) is 51.6 Å². The fraction of sp³-hybridized carbons (Fsp3) is 0.300. The molecule has 0 aliphatic rings. The van der Waals surface area contributed by atoms with E-state index >= 15 is 0 Å². The van der Waals surface area contributed by atoms with Crippen LogP contribution < -0.4 is 10.6 Å². The molecule has 2 aromatic heterocycles. The third-order valence-corrected chi connectivity index (χ3v) is 4.01. The van der Waals surface area contributed by atoms with Crippen LogP contribution in [-0.2, 0) is 22.6 Å². The number of hydrogen-bond donors (Lipinski definition) is 2. The highest BCUT2D eigenvalue weighted by Gasteiger charge is 2.12. The molecule has 8 nitrogen and oxygen atoms in total. The van der Waals surface area contributed by atoms with Crippen molar-refractivity contribution < 1.29 is 18.5 Å². The number of amides is 2. The molecule has 0 saturated heterocycles. The Labute approximate surface area is 162 Å². The molecular weight excluding hydrogens is 360 g/mol. The Kier molecular flexibility index (Phi) is 6.21. The number of hydrogen-bond acceptors (Lipinski definition) is 6. The van der Waals surface area contributed by atoms with Crippen molar-refractivity contribution in [3.63, 3.8) is 0 Å². The molecule has 2 heterocycles. The first kappa shape index (κ1) is 19.3. The maximum Gasteiger partial charge on any atom is 0.238 e. The largest absolute Gasteiger partial charge is 0.461 e. The molecule has 28 heavy (non-hydrogen) atoms. The van der Waals surface area contributed by atoms with Crippen molar-refractivity contribution in [2.75, 3.05) is 5.32 Å². The van der Waals surface area contributed by atoms with Crippen molar-refractivity contribution >= 4 is 17.5 Å². The Morgan fingerprint density at radius 2 is 1.93 bits per heavy atom. The molecular formula is C20H22N4O4. The van der Waals surface area contributed by atoms with Crippen LogP contribution in [-0.4, -0.2) is 22.0 Å². The lowest BCUT2D eigenvalue weighted by Gasteiger charge is -2.09. The second kappa shape index (κ2) is 8.98. The molecule has 146 valence electrons. The molecule has 3 rings (SSSR count). The quantitative estimate of drug-likeness (QED) is 0.619. The normalized spacial score (nSPS) is 10.8. The molecule has 0 fully saturated rings. The minimum atomic E-state index is -0.116. The van der Waals surface area contributed by atoms with Gasteiger partial charge in [-0.3, -0.25) is 9.59 Å². The average molecular weight is 382 g/mol. The minimum Gasteiger partial charge on any atom is -0.461 e. The number of anilines is 1. The van der Waals surface area contributed by atoms with Crippen LogP contribution in [0.25, 0.3) is 11.6 Å². The predicted molar refractivity (Wildman–Crippen MR) is 102 cm³/mol. The van der Waals surface area contributed by atoms with Gasteiger partial charge in [0.1, 0.15) is 0 Å². The Morgan fingerprint density at radius 3 is 2.61 bits per heavy atom. The summed E-state index contributed by atoms with van der Waals surface area (Å²) in [6.07, 6.45) is 2.12. The Hall–Kier alpha value is -3.42. The topological polar surface area (TPSA) is 110 Å². The van der Waals surface area contributed by atoms with E-state index in [1.165, 1.54) is 6.26 Å². The molecule has 0 atom stereocenters. The number of benzene rings is 1. The zero-order chi connectivity index (χ0) is 19.9. The number of rotatable bonds is 8. The number of carbonyl (C=O) groups is 2. The molecule has 0 aliphatic carbocycles. The van der Waals surface area contributed by atoms with Gasteiger partial charge < -0.3 is 19.6 Å². The molecule has 8 heteroatoms. The van der Waals surface area contributed by atoms with Crippen molar-refractivity contribution in [3.8, 4) is 11.6 Å². The van der Waals surface area contributed by atoms with Crippen molar-refractivity contribution in [2.45, 2.75) is 33.2 Å². The molecule has 1 aromatic carbocycles. The summed E-state index contributed by atoms with van der Waals surface area (Å²) in [7, 11) is 0. The first-order chi connectivity index (χ1) is 13.5. The first-order valence-electron chi connectivity index (χ1n) is 9.04. The van der Waals surface area contributed by atoms with Gasteiger partial charge in [0.15, 0.2) is 5.76 Å². The van der Waals surface area contributed by atoms with Crippen molar-refractivity contribution in [1.29, 1.82) is 0 Å². The molecule has 2 N–H and O–H groups in total. The van der Waals surface area contributed by atoms with Crippen LogP contribution in [0, 0.1) is 5.92 Å². The van der Waals surface area contributed by atoms with E-state index in [1.54, 1.807) is 12.1 Å². The zero-order valence-electron chi connectivity index (χ0n) is 15.8. The molecule has 0 saturated carbocycles. The number of nitrogens with one attached hydrogen (secondary N) is 2. The second-order valence-corrected chi connectivity index (χ2v) is 6.61. The van der Waals surface area contributed by atoms with Crippen LogP contribution in [0.3, 0.4) is 0 Å². The van der Waals surface area contributed by atoms with E-state index in [4.69, 9.17) is 8.94 Å². The van der Waals surface area contributed by atoms with Crippen LogP contribution in [0.1, 0.15) is 31.7 Å². The fourth-order valence-corrected chi connectivity index (χ4v) is 2.36. The lowest BCUT2D eigenvalue weighted by Crippen LogP contribution is -2.23. The van der Waals surface area contributed by atoms with Crippen molar-refractivity contribution in [1.82, 2.24) is 15.5 Å². The summed E-state index contributed by atoms with van der Waals surface area (Å²) in [6.45, 7) is 4.08. The monoisotopic (exact) mass is 382 g/mol. The fourth-order valence-electron chi connectivity index (χ4n) is 2.36. The number of carbonyl (C=O) groups excluding carboxylic acids is 2. The van der Waals surface area contributed by atoms with Gasteiger partial charge in [-0.15, -0.1) is 0 Å². The van der Waals surface area contributed by atoms with E-state index in [1.807, 2.05) is 38.1 Å². The number of nitrogens with zero attached hydrogens (tertiary/aromatic N) is 2. The van der Waals surface area contributed by atoms with Crippen LogP contribution in [0.5, 0.6) is 0 Å². The van der Waals surface area contributed by atoms with E-state index in [-0.39, 0.29) is 24.2 Å². The van der Waals surface area contributed by atoms with Gasteiger partial charge in [0.05, 0.1) is 6.26 Å². The average Bonchev–Trinajstić information content (AvgIpc) is 3.37. The van der Waals surface area contributed by atoms with E-state index in [2.05, 4.69) is 20.8 Å². The summed E-state index contributed by atoms with van der Waals surface area (Å²) in [6, 6.07) is 10.8. The third kappa shape index (κ3) is 5.29. The van der Waals surface area contributed by atoms with Crippen LogP contribution in [0.4, 0.5) is 5.69 Å². The molecule has 0 spiro atoms. The van der Waals surface area contributed by atoms with E-state index in [9.17, 15) is 9.59 Å². The summed E-state index contributed by atoms with van der Waals surface area (Å²) in [4.78, 5) is 27.9. The molecule has 0 unspecified atom stereocenters. The van der Waals surface area contributed by atoms with Gasteiger partial charge in [-0.05, 0) is 29.8 Å². The van der Waals surface area contributed by atoms with Gasteiger partial charge in [-0.1, -0.05) is 31.1 Å². The highest BCUT2D eigenvalue weighted by Crippen LogP contribution is 2.16. The van der Waals surface area contributed by atoms with Crippen molar-refractivity contribution in [2.24, 2.45) is 5.92 Å². The van der Waals surface area contributed by atoms with Crippen molar-refractivity contribution in [3.05, 3.63) is 54.1 Å². The highest BCUT2D eigenvalue weighted by molar-refractivity contribution is 5.92. The van der Waals surface area contributed by atoms with Crippen LogP contribution >= 0.6 is 0 Å². The van der Waals surface area contributed by atoms with Gasteiger partial charge in [0.25, 0.3) is 0 Å². The standard InChI is InChI=1S/C20H22N4O4/c1-13(2)20(26)22-15-7-5-14(6-8-15)12-21-17(25)9-10-18-23-19(24-28-18)16-4-3-11-27-16/h3-8,11,13H,9-10,12H2,1-2H3,(H,21,25)(H,22,26). The summed E-state index contributed by atoms with van der Waals surface area (Å²) in [5.74, 6) is 1.05. The summed E-state index contributed by atoms with van der Waals surface area (Å²) in [5.41, 5.74) is 1.67. The van der Waals surface area contributed by atoms with Gasteiger partial charge in [0.2, 0.25) is 23.5 Å². The zero-order valence-corrected chi connectivity index (χ0v) is 15.8.